The van der Waals surface area contributed by atoms with Gasteiger partial charge in [0, 0.05) is 18.0 Å². The van der Waals surface area contributed by atoms with Crippen molar-refractivity contribution in [1.29, 1.82) is 0 Å². The average Bonchev–Trinajstić information content (AvgIpc) is 2.71. The number of amides is 1. The summed E-state index contributed by atoms with van der Waals surface area (Å²) >= 11 is 0. The summed E-state index contributed by atoms with van der Waals surface area (Å²) in [7, 11) is -1.80. The van der Waals surface area contributed by atoms with E-state index in [1.165, 1.54) is 0 Å². The van der Waals surface area contributed by atoms with Crippen LogP contribution in [-0.2, 0) is 20.6 Å². The Labute approximate surface area is 197 Å². The Morgan fingerprint density at radius 2 is 1.69 bits per heavy atom. The zero-order valence-corrected chi connectivity index (χ0v) is 22.6. The molecule has 0 radical (unpaired) electrons. The van der Waals surface area contributed by atoms with Crippen LogP contribution in [0, 0.1) is 11.8 Å². The predicted molar refractivity (Wildman–Crippen MR) is 137 cm³/mol. The first-order valence-electron chi connectivity index (χ1n) is 12.1. The van der Waals surface area contributed by atoms with Gasteiger partial charge >= 0.3 is 0 Å². The highest BCUT2D eigenvalue weighted by Gasteiger charge is 2.37. The molecule has 0 saturated carbocycles. The second kappa shape index (κ2) is 12.7. The number of hydrogen-bond donors (Lipinski definition) is 2. The topological polar surface area (TPSA) is 81.4 Å². The number of hydrogen-bond acceptors (Lipinski definition) is 4. The van der Waals surface area contributed by atoms with Gasteiger partial charge in [-0.1, -0.05) is 72.9 Å². The molecule has 0 heterocycles. The molecule has 3 N–H and O–H groups in total. The fraction of sp³-hybridized carbons (Fsp3) is 0.692. The summed E-state index contributed by atoms with van der Waals surface area (Å²) in [4.78, 5) is 25.5. The van der Waals surface area contributed by atoms with Crippen molar-refractivity contribution < 1.29 is 14.0 Å². The monoisotopic (exact) mass is 462 g/mol. The highest BCUT2D eigenvalue weighted by atomic mass is 28.4. The van der Waals surface area contributed by atoms with E-state index in [0.717, 1.165) is 30.5 Å². The minimum Gasteiger partial charge on any atom is -0.413 e. The number of rotatable bonds is 13. The van der Waals surface area contributed by atoms with E-state index < -0.39 is 14.4 Å². The fourth-order valence-corrected chi connectivity index (χ4v) is 4.09. The number of carbonyl (C=O) groups excluding carboxylic acids is 2. The van der Waals surface area contributed by atoms with Crippen molar-refractivity contribution in [2.45, 2.75) is 104 Å². The molecular weight excluding hydrogens is 416 g/mol. The van der Waals surface area contributed by atoms with Crippen LogP contribution in [0.15, 0.2) is 24.3 Å². The molecule has 0 unspecified atom stereocenters. The molecule has 1 aromatic rings. The van der Waals surface area contributed by atoms with Crippen LogP contribution in [0.5, 0.6) is 0 Å². The van der Waals surface area contributed by atoms with Crippen LogP contribution >= 0.6 is 0 Å². The van der Waals surface area contributed by atoms with Gasteiger partial charge < -0.3 is 15.5 Å². The summed E-state index contributed by atoms with van der Waals surface area (Å²) in [5.74, 6) is -0.408. The molecule has 32 heavy (non-hydrogen) atoms. The van der Waals surface area contributed by atoms with Crippen LogP contribution in [-0.4, -0.2) is 26.0 Å². The smallest absolute Gasteiger partial charge is 0.227 e. The molecule has 0 bridgehead atoms. The number of anilines is 1. The van der Waals surface area contributed by atoms with Crippen molar-refractivity contribution in [3.8, 4) is 0 Å². The molecule has 182 valence electrons. The van der Waals surface area contributed by atoms with E-state index in [2.05, 4.69) is 46.1 Å². The van der Waals surface area contributed by atoms with E-state index in [1.54, 1.807) is 0 Å². The molecule has 0 spiro atoms. The maximum Gasteiger partial charge on any atom is 0.227 e. The minimum absolute atomic E-state index is 0.0326. The Morgan fingerprint density at radius 3 is 2.19 bits per heavy atom. The predicted octanol–water partition coefficient (Wildman–Crippen LogP) is 6.29. The lowest BCUT2D eigenvalue weighted by molar-refractivity contribution is -0.127. The number of nitrogens with one attached hydrogen (secondary N) is 1. The van der Waals surface area contributed by atoms with Gasteiger partial charge in [0.15, 0.2) is 14.1 Å². The fourth-order valence-electron chi connectivity index (χ4n) is 3.13. The third kappa shape index (κ3) is 9.16. The van der Waals surface area contributed by atoms with Crippen molar-refractivity contribution in [3.05, 3.63) is 29.8 Å². The van der Waals surface area contributed by atoms with Gasteiger partial charge in [-0.15, -0.1) is 0 Å². The Bertz CT molecular complexity index is 724. The zero-order valence-electron chi connectivity index (χ0n) is 21.6. The van der Waals surface area contributed by atoms with Crippen molar-refractivity contribution in [3.63, 3.8) is 0 Å². The van der Waals surface area contributed by atoms with E-state index >= 15 is 0 Å². The summed E-state index contributed by atoms with van der Waals surface area (Å²) in [6.07, 6.45) is 3.97. The normalized spacial score (nSPS) is 14.3. The van der Waals surface area contributed by atoms with Crippen LogP contribution in [0.3, 0.4) is 0 Å². The lowest BCUT2D eigenvalue weighted by Gasteiger charge is -2.36. The maximum absolute atomic E-state index is 13.0. The Morgan fingerprint density at radius 1 is 1.09 bits per heavy atom. The first-order valence-corrected chi connectivity index (χ1v) is 15.0. The van der Waals surface area contributed by atoms with Gasteiger partial charge in [0.25, 0.3) is 0 Å². The van der Waals surface area contributed by atoms with Gasteiger partial charge in [-0.2, -0.15) is 0 Å². The first-order chi connectivity index (χ1) is 14.8. The zero-order chi connectivity index (χ0) is 24.5. The second-order valence-electron chi connectivity index (χ2n) is 10.9. The highest BCUT2D eigenvalue weighted by Crippen LogP contribution is 2.37. The lowest BCUT2D eigenvalue weighted by atomic mass is 9.89. The Hall–Kier alpha value is -1.50. The number of benzene rings is 1. The van der Waals surface area contributed by atoms with Gasteiger partial charge in [-0.05, 0) is 48.2 Å². The molecule has 1 amide bonds. The van der Waals surface area contributed by atoms with E-state index in [9.17, 15) is 9.59 Å². The van der Waals surface area contributed by atoms with Crippen molar-refractivity contribution >= 4 is 25.7 Å². The summed E-state index contributed by atoms with van der Waals surface area (Å²) in [5, 5.41) is 3.17. The number of nitrogens with two attached hydrogens (primary N) is 1. The van der Waals surface area contributed by atoms with Crippen molar-refractivity contribution in [1.82, 2.24) is 0 Å². The van der Waals surface area contributed by atoms with E-state index in [1.807, 2.05) is 38.1 Å². The standard InChI is InChI=1S/C26H46N2O3Si/c1-9-10-11-12-21(17-23(29)24(27)19(2)3)25(30)28-22-15-13-20(14-16-22)18-31-32(7,8)26(4,5)6/h13-16,19,21,24H,9-12,17-18,27H2,1-8H3,(H,28,30)/t21-,24+/m1/s1. The quantitative estimate of drug-likeness (QED) is 0.267. The number of Topliss-reactive ketones (excluding diaryl/α,β-unsaturated/α-hetero) is 1. The summed E-state index contributed by atoms with van der Waals surface area (Å²) in [5.41, 5.74) is 7.86. The van der Waals surface area contributed by atoms with Gasteiger partial charge in [-0.25, -0.2) is 0 Å². The summed E-state index contributed by atoms with van der Waals surface area (Å²) in [6.45, 7) is 17.8. The largest absolute Gasteiger partial charge is 0.413 e. The van der Waals surface area contributed by atoms with Crippen LogP contribution in [0.1, 0.15) is 79.2 Å². The average molecular weight is 463 g/mol. The molecule has 0 aromatic heterocycles. The SMILES string of the molecule is CCCCC[C@H](CC(=O)[C@@H](N)C(C)C)C(=O)Nc1ccc(CO[Si](C)(C)C(C)(C)C)cc1. The third-order valence-electron chi connectivity index (χ3n) is 6.69. The Balaban J connectivity index is 2.77. The molecule has 1 aromatic carbocycles. The number of unbranched alkanes of at least 4 members (excludes halogenated alkanes) is 2. The van der Waals surface area contributed by atoms with Crippen LogP contribution in [0.25, 0.3) is 0 Å². The van der Waals surface area contributed by atoms with Crippen LogP contribution in [0.4, 0.5) is 5.69 Å². The lowest BCUT2D eigenvalue weighted by Crippen LogP contribution is -2.40. The molecule has 0 aliphatic rings. The molecular formula is C26H46N2O3Si. The van der Waals surface area contributed by atoms with Crippen LogP contribution in [0.2, 0.25) is 18.1 Å². The molecule has 1 rings (SSSR count). The van der Waals surface area contributed by atoms with E-state index in [0.29, 0.717) is 13.0 Å². The van der Waals surface area contributed by atoms with Gasteiger partial charge in [-0.3, -0.25) is 9.59 Å². The number of ketones is 1. The van der Waals surface area contributed by atoms with Crippen molar-refractivity contribution in [2.24, 2.45) is 17.6 Å². The van der Waals surface area contributed by atoms with E-state index in [-0.39, 0.29) is 35.0 Å². The van der Waals surface area contributed by atoms with Gasteiger partial charge in [0.1, 0.15) is 0 Å². The minimum atomic E-state index is -1.80. The number of carbonyl (C=O) groups is 2. The second-order valence-corrected chi connectivity index (χ2v) is 15.7. The molecule has 0 aliphatic heterocycles. The van der Waals surface area contributed by atoms with Gasteiger partial charge in [0.2, 0.25) is 5.91 Å². The third-order valence-corrected chi connectivity index (χ3v) is 11.2. The first kappa shape index (κ1) is 28.5. The molecule has 2 atom stereocenters. The van der Waals surface area contributed by atoms with Crippen molar-refractivity contribution in [2.75, 3.05) is 5.32 Å². The molecule has 6 heteroatoms. The maximum atomic E-state index is 13.0. The molecule has 0 saturated heterocycles. The Kier molecular flexibility index (Phi) is 11.3. The molecule has 0 fully saturated rings. The summed E-state index contributed by atoms with van der Waals surface area (Å²) < 4.78 is 6.28. The highest BCUT2D eigenvalue weighted by molar-refractivity contribution is 6.74. The summed E-state index contributed by atoms with van der Waals surface area (Å²) in [6, 6.07) is 7.29. The van der Waals surface area contributed by atoms with Crippen LogP contribution < -0.4 is 11.1 Å². The molecule has 0 aliphatic carbocycles. The van der Waals surface area contributed by atoms with Gasteiger partial charge in [0.05, 0.1) is 12.6 Å². The molecule has 5 nitrogen and oxygen atoms in total. The van der Waals surface area contributed by atoms with E-state index in [4.69, 9.17) is 10.2 Å².